The highest BCUT2D eigenvalue weighted by atomic mass is 16.5. The van der Waals surface area contributed by atoms with E-state index in [1.165, 1.54) is 0 Å². The molecule has 0 unspecified atom stereocenters. The van der Waals surface area contributed by atoms with E-state index in [0.29, 0.717) is 24.7 Å². The quantitative estimate of drug-likeness (QED) is 0.678. The molecule has 2 rings (SSSR count). The van der Waals surface area contributed by atoms with E-state index < -0.39 is 6.09 Å². The molecule has 1 aromatic heterocycles. The summed E-state index contributed by atoms with van der Waals surface area (Å²) >= 11 is 0. The first-order chi connectivity index (χ1) is 11.7. The Morgan fingerprint density at radius 3 is 2.67 bits per heavy atom. The first-order valence-corrected chi connectivity index (χ1v) is 7.97. The van der Waals surface area contributed by atoms with Crippen LogP contribution in [0.5, 0.6) is 5.75 Å². The topological polar surface area (TPSA) is 80.7 Å². The van der Waals surface area contributed by atoms with Gasteiger partial charge in [-0.2, -0.15) is 0 Å². The Morgan fingerprint density at radius 1 is 1.17 bits per heavy atom. The summed E-state index contributed by atoms with van der Waals surface area (Å²) in [7, 11) is 0. The molecule has 0 atom stereocenters. The van der Waals surface area contributed by atoms with Crippen molar-refractivity contribution in [3.05, 3.63) is 42.5 Å². The number of nitrogens with one attached hydrogen (secondary N) is 1. The van der Waals surface area contributed by atoms with Crippen molar-refractivity contribution in [1.82, 2.24) is 4.98 Å². The summed E-state index contributed by atoms with van der Waals surface area (Å²) in [6.45, 7) is 3.72. The lowest BCUT2D eigenvalue weighted by Crippen LogP contribution is -2.11. The molecule has 24 heavy (non-hydrogen) atoms. The van der Waals surface area contributed by atoms with Gasteiger partial charge in [-0.15, -0.1) is 0 Å². The van der Waals surface area contributed by atoms with Crippen molar-refractivity contribution in [1.29, 1.82) is 0 Å². The maximum Gasteiger partial charge on any atom is 0.410 e. The van der Waals surface area contributed by atoms with Gasteiger partial charge in [-0.05, 0) is 6.42 Å². The Morgan fingerprint density at radius 2 is 1.96 bits per heavy atom. The minimum absolute atomic E-state index is 0.228. The average Bonchev–Trinajstić information content (AvgIpc) is 2.58. The molecule has 0 fully saturated rings. The van der Waals surface area contributed by atoms with E-state index in [4.69, 9.17) is 14.6 Å². The molecule has 1 heterocycles. The predicted molar refractivity (Wildman–Crippen MR) is 92.5 cm³/mol. The number of hydrogen-bond acceptors (Lipinski definition) is 4. The van der Waals surface area contributed by atoms with E-state index in [-0.39, 0.29) is 5.82 Å². The van der Waals surface area contributed by atoms with Crippen LogP contribution in [0.15, 0.2) is 42.5 Å². The van der Waals surface area contributed by atoms with Gasteiger partial charge < -0.3 is 14.6 Å². The van der Waals surface area contributed by atoms with Crippen molar-refractivity contribution in [2.45, 2.75) is 19.8 Å². The van der Waals surface area contributed by atoms with Gasteiger partial charge >= 0.3 is 6.09 Å². The molecule has 1 amide bonds. The van der Waals surface area contributed by atoms with Crippen LogP contribution in [0.1, 0.15) is 19.8 Å². The van der Waals surface area contributed by atoms with E-state index in [9.17, 15) is 4.79 Å². The number of unbranched alkanes of at least 4 members (excludes halogenated alkanes) is 1. The van der Waals surface area contributed by atoms with Crippen LogP contribution in [0.3, 0.4) is 0 Å². The van der Waals surface area contributed by atoms with Crippen LogP contribution in [-0.4, -0.2) is 36.0 Å². The van der Waals surface area contributed by atoms with Crippen LogP contribution >= 0.6 is 0 Å². The van der Waals surface area contributed by atoms with Crippen molar-refractivity contribution in [2.75, 3.05) is 25.1 Å². The fraction of sp³-hybridized carbons (Fsp3) is 0.333. The molecule has 0 radical (unpaired) electrons. The lowest BCUT2D eigenvalue weighted by atomic mass is 10.1. The molecule has 6 heteroatoms. The molecule has 0 spiro atoms. The standard InChI is InChI=1S/C18H22N2O4/c1-2-3-9-23-10-11-24-15-12-16(14-7-5-4-6-8-14)19-17(13-15)20-18(21)22/h4-8,12-13H,2-3,9-11H2,1H3,(H,19,20)(H,21,22). The summed E-state index contributed by atoms with van der Waals surface area (Å²) in [4.78, 5) is 15.2. The summed E-state index contributed by atoms with van der Waals surface area (Å²) in [6.07, 6.45) is 0.956. The minimum atomic E-state index is -1.17. The monoisotopic (exact) mass is 330 g/mol. The van der Waals surface area contributed by atoms with E-state index in [0.717, 1.165) is 25.0 Å². The van der Waals surface area contributed by atoms with Gasteiger partial charge in [-0.25, -0.2) is 9.78 Å². The van der Waals surface area contributed by atoms with E-state index in [2.05, 4.69) is 17.2 Å². The largest absolute Gasteiger partial charge is 0.491 e. The number of pyridine rings is 1. The maximum atomic E-state index is 10.9. The van der Waals surface area contributed by atoms with E-state index in [1.807, 2.05) is 30.3 Å². The number of aromatic nitrogens is 1. The first-order valence-electron chi connectivity index (χ1n) is 7.97. The smallest absolute Gasteiger partial charge is 0.410 e. The number of carbonyl (C=O) groups is 1. The van der Waals surface area contributed by atoms with Crippen molar-refractivity contribution in [2.24, 2.45) is 0 Å². The van der Waals surface area contributed by atoms with Gasteiger partial charge in [0.25, 0.3) is 0 Å². The van der Waals surface area contributed by atoms with Crippen LogP contribution in [-0.2, 0) is 4.74 Å². The van der Waals surface area contributed by atoms with Crippen LogP contribution in [0, 0.1) is 0 Å². The van der Waals surface area contributed by atoms with Crippen molar-refractivity contribution in [3.63, 3.8) is 0 Å². The predicted octanol–water partition coefficient (Wildman–Crippen LogP) is 4.03. The Balaban J connectivity index is 2.07. The van der Waals surface area contributed by atoms with Crippen LogP contribution in [0.4, 0.5) is 10.6 Å². The van der Waals surface area contributed by atoms with Crippen molar-refractivity contribution < 1.29 is 19.4 Å². The SMILES string of the molecule is CCCCOCCOc1cc(NC(=O)O)nc(-c2ccccc2)c1. The van der Waals surface area contributed by atoms with Crippen LogP contribution < -0.4 is 10.1 Å². The first kappa shape index (κ1) is 17.7. The minimum Gasteiger partial charge on any atom is -0.491 e. The molecule has 6 nitrogen and oxygen atoms in total. The van der Waals surface area contributed by atoms with E-state index in [1.54, 1.807) is 12.1 Å². The third-order valence-electron chi connectivity index (χ3n) is 3.24. The fourth-order valence-electron chi connectivity index (χ4n) is 2.09. The molecular weight excluding hydrogens is 308 g/mol. The van der Waals surface area contributed by atoms with Gasteiger partial charge in [0.1, 0.15) is 18.2 Å². The molecule has 0 saturated heterocycles. The number of nitrogens with zero attached hydrogens (tertiary/aromatic N) is 1. The normalized spacial score (nSPS) is 10.4. The van der Waals surface area contributed by atoms with E-state index >= 15 is 0 Å². The summed E-state index contributed by atoms with van der Waals surface area (Å²) in [5.74, 6) is 0.775. The lowest BCUT2D eigenvalue weighted by molar-refractivity contribution is 0.0981. The number of rotatable bonds is 9. The van der Waals surface area contributed by atoms with Gasteiger partial charge in [0, 0.05) is 24.3 Å². The molecule has 2 N–H and O–H groups in total. The molecule has 0 aliphatic heterocycles. The summed E-state index contributed by atoms with van der Waals surface area (Å²) in [5.41, 5.74) is 1.53. The Kier molecular flexibility index (Phi) is 7.04. The molecule has 0 aliphatic rings. The second kappa shape index (κ2) is 9.52. The molecule has 0 bridgehead atoms. The third kappa shape index (κ3) is 5.89. The average molecular weight is 330 g/mol. The third-order valence-corrected chi connectivity index (χ3v) is 3.24. The number of anilines is 1. The van der Waals surface area contributed by atoms with Crippen LogP contribution in [0.2, 0.25) is 0 Å². The Hall–Kier alpha value is -2.60. The lowest BCUT2D eigenvalue weighted by Gasteiger charge is -2.11. The number of amides is 1. The molecule has 2 aromatic rings. The number of ether oxygens (including phenoxy) is 2. The second-order valence-corrected chi connectivity index (χ2v) is 5.18. The molecule has 0 aliphatic carbocycles. The molecule has 128 valence electrons. The zero-order chi connectivity index (χ0) is 17.2. The highest BCUT2D eigenvalue weighted by Gasteiger charge is 2.08. The van der Waals surface area contributed by atoms with Gasteiger partial charge in [-0.1, -0.05) is 43.7 Å². The van der Waals surface area contributed by atoms with Crippen LogP contribution in [0.25, 0.3) is 11.3 Å². The Bertz CT molecular complexity index is 647. The molecule has 0 saturated carbocycles. The number of benzene rings is 1. The van der Waals surface area contributed by atoms with Gasteiger partial charge in [0.2, 0.25) is 0 Å². The Labute approximate surface area is 141 Å². The van der Waals surface area contributed by atoms with Crippen molar-refractivity contribution in [3.8, 4) is 17.0 Å². The highest BCUT2D eigenvalue weighted by Crippen LogP contribution is 2.25. The summed E-state index contributed by atoms with van der Waals surface area (Å²) in [6, 6.07) is 12.9. The highest BCUT2D eigenvalue weighted by molar-refractivity contribution is 5.82. The zero-order valence-electron chi connectivity index (χ0n) is 13.7. The van der Waals surface area contributed by atoms with Gasteiger partial charge in [-0.3, -0.25) is 5.32 Å². The number of carboxylic acid groups (broad SMARTS) is 1. The van der Waals surface area contributed by atoms with Gasteiger partial charge in [0.15, 0.2) is 0 Å². The zero-order valence-corrected chi connectivity index (χ0v) is 13.7. The summed E-state index contributed by atoms with van der Waals surface area (Å²) < 4.78 is 11.1. The van der Waals surface area contributed by atoms with Gasteiger partial charge in [0.05, 0.1) is 12.3 Å². The van der Waals surface area contributed by atoms with Crippen molar-refractivity contribution >= 4 is 11.9 Å². The second-order valence-electron chi connectivity index (χ2n) is 5.18. The maximum absolute atomic E-state index is 10.9. The fourth-order valence-corrected chi connectivity index (χ4v) is 2.09. The molecular formula is C18H22N2O4. The summed E-state index contributed by atoms with van der Waals surface area (Å²) in [5, 5.41) is 11.2. The molecule has 1 aromatic carbocycles. The number of hydrogen-bond donors (Lipinski definition) is 2.